The predicted molar refractivity (Wildman–Crippen MR) is 185 cm³/mol. The van der Waals surface area contributed by atoms with Gasteiger partial charge in [0.15, 0.2) is 0 Å². The third kappa shape index (κ3) is 9.70. The second kappa shape index (κ2) is 18.3. The van der Waals surface area contributed by atoms with E-state index in [1.807, 2.05) is 42.5 Å². The summed E-state index contributed by atoms with van der Waals surface area (Å²) in [5.74, 6) is -0.259. The Morgan fingerprint density at radius 2 is 1.34 bits per heavy atom. The van der Waals surface area contributed by atoms with Gasteiger partial charge in [-0.15, -0.1) is 0 Å². The molecule has 4 rings (SSSR count). The number of carboxylic acids is 1. The van der Waals surface area contributed by atoms with E-state index in [4.69, 9.17) is 4.42 Å². The molecular weight excluding hydrogens is 544 g/mol. The van der Waals surface area contributed by atoms with Gasteiger partial charge in [0.1, 0.15) is 11.3 Å². The zero-order valence-electron chi connectivity index (χ0n) is 27.0. The first-order chi connectivity index (χ1) is 21.6. The Balaban J connectivity index is 1.25. The van der Waals surface area contributed by atoms with Gasteiger partial charge in [-0.2, -0.15) is 0 Å². The first-order valence-corrected chi connectivity index (χ1v) is 17.1. The van der Waals surface area contributed by atoms with Crippen molar-refractivity contribution in [2.45, 2.75) is 110 Å². The molecule has 0 bridgehead atoms. The molecule has 1 aliphatic heterocycles. The summed E-state index contributed by atoms with van der Waals surface area (Å²) < 4.78 is 6.38. The average molecular weight is 597 g/mol. The first kappa shape index (κ1) is 33.3. The van der Waals surface area contributed by atoms with E-state index in [9.17, 15) is 9.90 Å². The van der Waals surface area contributed by atoms with Crippen LogP contribution in [0.25, 0.3) is 33.4 Å². The molecule has 0 spiro atoms. The van der Waals surface area contributed by atoms with Crippen LogP contribution < -0.4 is 10.7 Å². The number of nitrogens with zero attached hydrogens (tertiary/aromatic N) is 1. The van der Waals surface area contributed by atoms with Crippen LogP contribution in [0.5, 0.6) is 0 Å². The van der Waals surface area contributed by atoms with Crippen LogP contribution in [0.1, 0.15) is 120 Å². The number of nitrogens with one attached hydrogen (secondary N) is 1. The maximum absolute atomic E-state index is 12.1. The van der Waals surface area contributed by atoms with Gasteiger partial charge < -0.3 is 14.8 Å². The largest absolute Gasteiger partial charge is 0.478 e. The zero-order chi connectivity index (χ0) is 31.0. The van der Waals surface area contributed by atoms with Crippen LogP contribution in [0.4, 0.5) is 5.69 Å². The standard InChI is InChI=1S/C39H52N2O3/c1-3-4-5-6-7-8-9-10-11-12-13-14-15-16-17-20-27-41-31-24-26-35-37(29-31)44-36-28-30(40-2)23-25-34(36)38(35)32-21-18-19-22-33(32)39(42)43/h18-19,21-26,28-29,41H,3-17,20,27H2,1-2H3,(H,42,43). The fourth-order valence-corrected chi connectivity index (χ4v) is 6.21. The van der Waals surface area contributed by atoms with Crippen LogP contribution >= 0.6 is 0 Å². The Hall–Kier alpha value is -3.60. The van der Waals surface area contributed by atoms with Crippen molar-refractivity contribution in [3.05, 3.63) is 71.6 Å². The Labute approximate surface area is 264 Å². The van der Waals surface area contributed by atoms with E-state index in [-0.39, 0.29) is 5.56 Å². The molecule has 0 saturated heterocycles. The lowest BCUT2D eigenvalue weighted by molar-refractivity contribution is 0.0697. The van der Waals surface area contributed by atoms with E-state index >= 15 is 0 Å². The van der Waals surface area contributed by atoms with Crippen molar-refractivity contribution in [1.29, 1.82) is 0 Å². The Morgan fingerprint density at radius 1 is 0.727 bits per heavy atom. The monoisotopic (exact) mass is 596 g/mol. The fraction of sp³-hybridized carbons (Fsp3) is 0.487. The van der Waals surface area contributed by atoms with Crippen molar-refractivity contribution in [3.63, 3.8) is 0 Å². The summed E-state index contributed by atoms with van der Waals surface area (Å²) in [6, 6.07) is 19.1. The molecule has 0 aromatic heterocycles. The number of hydrogen-bond acceptors (Lipinski definition) is 4. The minimum absolute atomic E-state index is 0.274. The fourth-order valence-electron chi connectivity index (χ4n) is 6.21. The van der Waals surface area contributed by atoms with Gasteiger partial charge in [0, 0.05) is 47.9 Å². The van der Waals surface area contributed by atoms with Crippen LogP contribution in [0.15, 0.2) is 70.1 Å². The van der Waals surface area contributed by atoms with Gasteiger partial charge in [0.05, 0.1) is 10.9 Å². The van der Waals surface area contributed by atoms with Crippen LogP contribution in [0.2, 0.25) is 0 Å². The molecule has 0 fully saturated rings. The van der Waals surface area contributed by atoms with E-state index < -0.39 is 5.97 Å². The SMILES string of the molecule is CCCCCCCCCCCCCCCCCCNc1ccc2c(-c3ccccc3C(=O)O)c3ccc(=NC)cc-3oc2c1. The number of fused-ring (bicyclic) bond motifs is 2. The van der Waals surface area contributed by atoms with Gasteiger partial charge in [-0.25, -0.2) is 4.79 Å². The van der Waals surface area contributed by atoms with Gasteiger partial charge in [-0.3, -0.25) is 4.99 Å². The molecule has 1 heterocycles. The molecule has 5 heteroatoms. The maximum Gasteiger partial charge on any atom is 0.336 e. The highest BCUT2D eigenvalue weighted by atomic mass is 16.4. The van der Waals surface area contributed by atoms with E-state index in [1.54, 1.807) is 19.2 Å². The smallest absolute Gasteiger partial charge is 0.336 e. The Kier molecular flexibility index (Phi) is 13.8. The van der Waals surface area contributed by atoms with Crippen molar-refractivity contribution in [2.24, 2.45) is 4.99 Å². The average Bonchev–Trinajstić information content (AvgIpc) is 3.04. The highest BCUT2D eigenvalue weighted by molar-refractivity contribution is 6.07. The molecule has 2 N–H and O–H groups in total. The molecule has 2 aromatic carbocycles. The topological polar surface area (TPSA) is 74.8 Å². The van der Waals surface area contributed by atoms with Gasteiger partial charge in [-0.05, 0) is 42.3 Å². The lowest BCUT2D eigenvalue weighted by atomic mass is 9.90. The van der Waals surface area contributed by atoms with Gasteiger partial charge in [-0.1, -0.05) is 121 Å². The lowest BCUT2D eigenvalue weighted by Crippen LogP contribution is -2.05. The number of anilines is 1. The highest BCUT2D eigenvalue weighted by Crippen LogP contribution is 2.41. The normalized spacial score (nSPS) is 11.9. The summed E-state index contributed by atoms with van der Waals surface area (Å²) in [5, 5.41) is 15.2. The van der Waals surface area contributed by atoms with Gasteiger partial charge >= 0.3 is 5.97 Å². The minimum atomic E-state index is -0.944. The van der Waals surface area contributed by atoms with Crippen molar-refractivity contribution in [2.75, 3.05) is 18.9 Å². The summed E-state index contributed by atoms with van der Waals surface area (Å²) in [7, 11) is 1.75. The highest BCUT2D eigenvalue weighted by Gasteiger charge is 2.21. The van der Waals surface area contributed by atoms with Crippen LogP contribution in [-0.4, -0.2) is 24.7 Å². The second-order valence-electron chi connectivity index (χ2n) is 12.2. The molecule has 0 saturated carbocycles. The van der Waals surface area contributed by atoms with Crippen molar-refractivity contribution >= 4 is 22.6 Å². The van der Waals surface area contributed by atoms with E-state index in [0.29, 0.717) is 11.3 Å². The van der Waals surface area contributed by atoms with E-state index in [1.165, 1.54) is 96.3 Å². The summed E-state index contributed by atoms with van der Waals surface area (Å²) in [5.41, 5.74) is 4.42. The minimum Gasteiger partial charge on any atom is -0.478 e. The summed E-state index contributed by atoms with van der Waals surface area (Å²) >= 11 is 0. The maximum atomic E-state index is 12.1. The predicted octanol–water partition coefficient (Wildman–Crippen LogP) is 11.1. The zero-order valence-corrected chi connectivity index (χ0v) is 27.0. The molecule has 1 aliphatic carbocycles. The number of hydrogen-bond donors (Lipinski definition) is 2. The van der Waals surface area contributed by atoms with Crippen molar-refractivity contribution in [1.82, 2.24) is 0 Å². The molecule has 2 aliphatic rings. The molecule has 0 atom stereocenters. The van der Waals surface area contributed by atoms with E-state index in [0.717, 1.165) is 46.1 Å². The van der Waals surface area contributed by atoms with Crippen molar-refractivity contribution < 1.29 is 14.3 Å². The van der Waals surface area contributed by atoms with Crippen LogP contribution in [-0.2, 0) is 0 Å². The first-order valence-electron chi connectivity index (χ1n) is 17.1. The van der Waals surface area contributed by atoms with E-state index in [2.05, 4.69) is 23.3 Å². The molecular formula is C39H52N2O3. The Morgan fingerprint density at radius 3 is 1.95 bits per heavy atom. The second-order valence-corrected chi connectivity index (χ2v) is 12.2. The number of carbonyl (C=O) groups is 1. The van der Waals surface area contributed by atoms with Gasteiger partial charge in [0.2, 0.25) is 0 Å². The number of rotatable bonds is 20. The van der Waals surface area contributed by atoms with Crippen LogP contribution in [0.3, 0.4) is 0 Å². The third-order valence-electron chi connectivity index (χ3n) is 8.75. The molecule has 0 amide bonds. The van der Waals surface area contributed by atoms with Crippen LogP contribution in [0, 0.1) is 0 Å². The molecule has 2 aromatic rings. The molecule has 44 heavy (non-hydrogen) atoms. The third-order valence-corrected chi connectivity index (χ3v) is 8.75. The summed E-state index contributed by atoms with van der Waals surface area (Å²) in [6.45, 7) is 3.21. The van der Waals surface area contributed by atoms with Gasteiger partial charge in [0.25, 0.3) is 0 Å². The lowest BCUT2D eigenvalue weighted by Gasteiger charge is -2.17. The summed E-state index contributed by atoms with van der Waals surface area (Å²) in [4.78, 5) is 16.4. The number of aromatic carboxylic acids is 1. The Bertz CT molecular complexity index is 1490. The number of benzene rings is 3. The van der Waals surface area contributed by atoms with Crippen molar-refractivity contribution in [3.8, 4) is 22.5 Å². The molecule has 5 nitrogen and oxygen atoms in total. The number of unbranched alkanes of at least 4 members (excludes halogenated alkanes) is 15. The quantitative estimate of drug-likeness (QED) is 0.0786. The number of carboxylic acid groups (broad SMARTS) is 1. The molecule has 0 unspecified atom stereocenters. The molecule has 0 radical (unpaired) electrons. The molecule has 236 valence electrons. The summed E-state index contributed by atoms with van der Waals surface area (Å²) in [6.07, 6.45) is 21.9.